The lowest BCUT2D eigenvalue weighted by Gasteiger charge is -2.44. The zero-order chi connectivity index (χ0) is 7.95. The van der Waals surface area contributed by atoms with E-state index in [2.05, 4.69) is 5.32 Å². The Balaban J connectivity index is 0.000000720. The Morgan fingerprint density at radius 3 is 2.33 bits per heavy atom. The zero-order valence-corrected chi connectivity index (χ0v) is 8.21. The van der Waals surface area contributed by atoms with Crippen LogP contribution in [0.4, 0.5) is 0 Å². The molecule has 6 heteroatoms. The molecule has 2 saturated heterocycles. The number of ether oxygens (including phenoxy) is 1. The summed E-state index contributed by atoms with van der Waals surface area (Å²) in [6.45, 7) is 1.67. The molecule has 0 bridgehead atoms. The van der Waals surface area contributed by atoms with Crippen molar-refractivity contribution in [2.45, 2.75) is 5.54 Å². The van der Waals surface area contributed by atoms with Crippen molar-refractivity contribution in [1.29, 1.82) is 0 Å². The molecule has 0 unspecified atom stereocenters. The summed E-state index contributed by atoms with van der Waals surface area (Å²) in [6.07, 6.45) is 0. The Labute approximate surface area is 78.0 Å². The number of hydrogen-bond acceptors (Lipinski definition) is 4. The van der Waals surface area contributed by atoms with Crippen LogP contribution in [0, 0.1) is 0 Å². The third-order valence-electron chi connectivity index (χ3n) is 2.17. The van der Waals surface area contributed by atoms with Crippen LogP contribution in [0.3, 0.4) is 0 Å². The minimum atomic E-state index is -2.79. The van der Waals surface area contributed by atoms with Gasteiger partial charge in [0.15, 0.2) is 9.84 Å². The third-order valence-corrected chi connectivity index (χ3v) is 3.98. The molecule has 0 aromatic heterocycles. The van der Waals surface area contributed by atoms with Crippen LogP contribution >= 0.6 is 12.4 Å². The number of hydrogen-bond donors (Lipinski definition) is 1. The highest BCUT2D eigenvalue weighted by molar-refractivity contribution is 7.91. The fourth-order valence-corrected chi connectivity index (χ4v) is 3.22. The summed E-state index contributed by atoms with van der Waals surface area (Å²) in [6, 6.07) is 0. The molecular weight excluding hydrogens is 202 g/mol. The van der Waals surface area contributed by atoms with Gasteiger partial charge in [-0.1, -0.05) is 0 Å². The molecule has 4 nitrogen and oxygen atoms in total. The molecule has 0 saturated carbocycles. The Morgan fingerprint density at radius 1 is 1.33 bits per heavy atom. The van der Waals surface area contributed by atoms with E-state index in [0.29, 0.717) is 19.8 Å². The predicted molar refractivity (Wildman–Crippen MR) is 47.5 cm³/mol. The van der Waals surface area contributed by atoms with Crippen LogP contribution in [0.1, 0.15) is 0 Å². The summed E-state index contributed by atoms with van der Waals surface area (Å²) >= 11 is 0. The van der Waals surface area contributed by atoms with Gasteiger partial charge in [0.2, 0.25) is 0 Å². The van der Waals surface area contributed by atoms with E-state index in [4.69, 9.17) is 4.74 Å². The van der Waals surface area contributed by atoms with Crippen molar-refractivity contribution in [3.63, 3.8) is 0 Å². The highest BCUT2D eigenvalue weighted by Crippen LogP contribution is 2.21. The number of nitrogens with one attached hydrogen (secondary N) is 1. The molecule has 0 radical (unpaired) electrons. The van der Waals surface area contributed by atoms with Crippen molar-refractivity contribution in [2.75, 3.05) is 31.3 Å². The fourth-order valence-electron chi connectivity index (χ4n) is 1.55. The van der Waals surface area contributed by atoms with E-state index < -0.39 is 9.84 Å². The van der Waals surface area contributed by atoms with Gasteiger partial charge in [-0.3, -0.25) is 0 Å². The summed E-state index contributed by atoms with van der Waals surface area (Å²) in [5, 5.41) is 3.18. The second kappa shape index (κ2) is 3.14. The van der Waals surface area contributed by atoms with Crippen molar-refractivity contribution in [3.05, 3.63) is 0 Å². The molecule has 2 heterocycles. The van der Waals surface area contributed by atoms with E-state index >= 15 is 0 Å². The Hall–Kier alpha value is 0.160. The minimum Gasteiger partial charge on any atom is -0.377 e. The maximum absolute atomic E-state index is 11.2. The number of rotatable bonds is 0. The molecule has 0 aliphatic carbocycles. The molecule has 2 fully saturated rings. The monoisotopic (exact) mass is 213 g/mol. The van der Waals surface area contributed by atoms with Gasteiger partial charge in [0.25, 0.3) is 0 Å². The highest BCUT2D eigenvalue weighted by Gasteiger charge is 2.44. The van der Waals surface area contributed by atoms with Gasteiger partial charge in [0.05, 0.1) is 30.3 Å². The molecule has 1 N–H and O–H groups in total. The molecule has 2 aliphatic heterocycles. The lowest BCUT2D eigenvalue weighted by molar-refractivity contribution is -0.0627. The fraction of sp³-hybridized carbons (Fsp3) is 1.00. The summed E-state index contributed by atoms with van der Waals surface area (Å²) in [5.74, 6) is 0.523. The summed E-state index contributed by atoms with van der Waals surface area (Å²) in [4.78, 5) is 0. The largest absolute Gasteiger partial charge is 0.377 e. The Kier molecular flexibility index (Phi) is 2.68. The molecular formula is C6H12ClNO3S. The third kappa shape index (κ3) is 1.74. The van der Waals surface area contributed by atoms with Gasteiger partial charge in [-0.25, -0.2) is 8.42 Å². The Bertz CT molecular complexity index is 260. The molecule has 0 amide bonds. The van der Waals surface area contributed by atoms with E-state index in [1.165, 1.54) is 0 Å². The average molecular weight is 214 g/mol. The lowest BCUT2D eigenvalue weighted by Crippen LogP contribution is -2.67. The van der Waals surface area contributed by atoms with Gasteiger partial charge in [0, 0.05) is 6.54 Å². The van der Waals surface area contributed by atoms with Gasteiger partial charge in [0.1, 0.15) is 0 Å². The van der Waals surface area contributed by atoms with Crippen LogP contribution in [0.5, 0.6) is 0 Å². The van der Waals surface area contributed by atoms with Gasteiger partial charge >= 0.3 is 0 Å². The first-order valence-electron chi connectivity index (χ1n) is 3.65. The van der Waals surface area contributed by atoms with Gasteiger partial charge in [-0.05, 0) is 0 Å². The first-order chi connectivity index (χ1) is 5.12. The molecule has 2 aliphatic rings. The van der Waals surface area contributed by atoms with Crippen molar-refractivity contribution in [3.8, 4) is 0 Å². The molecule has 72 valence electrons. The summed E-state index contributed by atoms with van der Waals surface area (Å²) in [7, 11) is -2.79. The first-order valence-corrected chi connectivity index (χ1v) is 5.47. The number of sulfone groups is 1. The van der Waals surface area contributed by atoms with Crippen molar-refractivity contribution >= 4 is 22.2 Å². The van der Waals surface area contributed by atoms with Gasteiger partial charge in [-0.15, -0.1) is 12.4 Å². The van der Waals surface area contributed by atoms with Crippen molar-refractivity contribution in [1.82, 2.24) is 5.32 Å². The van der Waals surface area contributed by atoms with Gasteiger partial charge < -0.3 is 10.1 Å². The maximum Gasteiger partial charge on any atom is 0.153 e. The van der Waals surface area contributed by atoms with Crippen LogP contribution < -0.4 is 5.32 Å². The minimum absolute atomic E-state index is 0. The highest BCUT2D eigenvalue weighted by atomic mass is 35.5. The van der Waals surface area contributed by atoms with E-state index in [1.807, 2.05) is 0 Å². The van der Waals surface area contributed by atoms with Crippen LogP contribution in [0.25, 0.3) is 0 Å². The van der Waals surface area contributed by atoms with E-state index in [1.54, 1.807) is 0 Å². The van der Waals surface area contributed by atoms with Crippen LogP contribution in [-0.4, -0.2) is 45.2 Å². The normalized spacial score (nSPS) is 30.3. The zero-order valence-electron chi connectivity index (χ0n) is 6.58. The predicted octanol–water partition coefficient (Wildman–Crippen LogP) is -0.805. The summed E-state index contributed by atoms with van der Waals surface area (Å²) in [5.41, 5.74) is -0.225. The lowest BCUT2D eigenvalue weighted by atomic mass is 10.0. The molecule has 0 atom stereocenters. The smallest absolute Gasteiger partial charge is 0.153 e. The van der Waals surface area contributed by atoms with Crippen molar-refractivity contribution < 1.29 is 13.2 Å². The second-order valence-electron chi connectivity index (χ2n) is 3.29. The quantitative estimate of drug-likeness (QED) is 0.572. The van der Waals surface area contributed by atoms with Crippen LogP contribution in [0.15, 0.2) is 0 Å². The van der Waals surface area contributed by atoms with Crippen LogP contribution in [-0.2, 0) is 14.6 Å². The molecule has 0 aromatic rings. The molecule has 2 rings (SSSR count). The maximum atomic E-state index is 11.2. The molecule has 0 aromatic carbocycles. The SMILES string of the molecule is Cl.O=S1(=O)CCNC2(COC2)C1. The van der Waals surface area contributed by atoms with E-state index in [9.17, 15) is 8.42 Å². The van der Waals surface area contributed by atoms with Crippen molar-refractivity contribution in [2.24, 2.45) is 0 Å². The molecule has 1 spiro atoms. The topological polar surface area (TPSA) is 55.4 Å². The van der Waals surface area contributed by atoms with E-state index in [-0.39, 0.29) is 29.5 Å². The summed E-state index contributed by atoms with van der Waals surface area (Å²) < 4.78 is 27.3. The second-order valence-corrected chi connectivity index (χ2v) is 5.48. The van der Waals surface area contributed by atoms with Crippen LogP contribution in [0.2, 0.25) is 0 Å². The number of halogens is 1. The Morgan fingerprint density at radius 2 is 2.00 bits per heavy atom. The van der Waals surface area contributed by atoms with E-state index in [0.717, 1.165) is 0 Å². The standard InChI is InChI=1S/C6H11NO3S.ClH/c8-11(9)2-1-7-6(5-11)3-10-4-6;/h7H,1-5H2;1H. The average Bonchev–Trinajstić information content (AvgIpc) is 1.82. The van der Waals surface area contributed by atoms with Gasteiger partial charge in [-0.2, -0.15) is 0 Å². The molecule has 12 heavy (non-hydrogen) atoms. The first kappa shape index (κ1) is 10.2.